The number of carbonyl (C=O) groups excluding carboxylic acids is 1. The minimum atomic E-state index is -0.762. The first-order chi connectivity index (χ1) is 9.06. The summed E-state index contributed by atoms with van der Waals surface area (Å²) in [6.07, 6.45) is 1.84. The number of carbonyl (C=O) groups is 1. The fraction of sp³-hybridized carbons (Fsp3) is 0.533. The van der Waals surface area contributed by atoms with Gasteiger partial charge in [0.15, 0.2) is 0 Å². The summed E-state index contributed by atoms with van der Waals surface area (Å²) in [4.78, 5) is 11.9. The van der Waals surface area contributed by atoms with Crippen molar-refractivity contribution in [3.63, 3.8) is 0 Å². The molecule has 0 bridgehead atoms. The highest BCUT2D eigenvalue weighted by molar-refractivity contribution is 7.99. The second-order valence-electron chi connectivity index (χ2n) is 4.73. The maximum atomic E-state index is 11.9. The number of benzene rings is 1. The summed E-state index contributed by atoms with van der Waals surface area (Å²) in [6, 6.07) is 9.72. The molecule has 4 heteroatoms. The van der Waals surface area contributed by atoms with Crippen LogP contribution in [0.15, 0.2) is 30.3 Å². The molecule has 19 heavy (non-hydrogen) atoms. The molecule has 0 saturated heterocycles. The quantitative estimate of drug-likeness (QED) is 0.769. The molecular weight excluding hydrogens is 256 g/mol. The maximum Gasteiger partial charge on any atom is 0.242 e. The molecule has 0 radical (unpaired) electrons. The molecule has 2 unspecified atom stereocenters. The molecule has 1 rings (SSSR count). The van der Waals surface area contributed by atoms with Crippen LogP contribution in [0.5, 0.6) is 0 Å². The van der Waals surface area contributed by atoms with E-state index in [9.17, 15) is 4.79 Å². The third-order valence-corrected chi connectivity index (χ3v) is 4.91. The predicted octanol–water partition coefficient (Wildman–Crippen LogP) is 2.51. The fourth-order valence-corrected chi connectivity index (χ4v) is 3.12. The Morgan fingerprint density at radius 3 is 2.53 bits per heavy atom. The first-order valence-corrected chi connectivity index (χ1v) is 7.77. The Bertz CT molecular complexity index is 396. The van der Waals surface area contributed by atoms with Gasteiger partial charge in [-0.1, -0.05) is 44.2 Å². The lowest BCUT2D eigenvalue weighted by molar-refractivity contribution is -0.124. The third kappa shape index (κ3) is 3.98. The average Bonchev–Trinajstić information content (AvgIpc) is 2.44. The molecular formula is C15H24N2OS. The van der Waals surface area contributed by atoms with Crippen molar-refractivity contribution in [2.24, 2.45) is 5.73 Å². The molecule has 2 atom stereocenters. The molecule has 3 N–H and O–H groups in total. The minimum Gasteiger partial charge on any atom is -0.368 e. The van der Waals surface area contributed by atoms with Gasteiger partial charge in [0.25, 0.3) is 0 Å². The molecule has 0 heterocycles. The van der Waals surface area contributed by atoms with E-state index in [1.54, 1.807) is 7.05 Å². The number of nitrogens with one attached hydrogen (secondary N) is 1. The third-order valence-electron chi connectivity index (χ3n) is 3.57. The Labute approximate surface area is 120 Å². The topological polar surface area (TPSA) is 55.1 Å². The lowest BCUT2D eigenvalue weighted by Crippen LogP contribution is -2.51. The van der Waals surface area contributed by atoms with Gasteiger partial charge in [-0.15, -0.1) is 0 Å². The SMILES string of the molecule is CCC(C)SCCC(NC)(C(N)=O)c1ccccc1. The van der Waals surface area contributed by atoms with Crippen LogP contribution in [0.25, 0.3) is 0 Å². The first kappa shape index (κ1) is 16.1. The highest BCUT2D eigenvalue weighted by atomic mass is 32.2. The largest absolute Gasteiger partial charge is 0.368 e. The molecule has 3 nitrogen and oxygen atoms in total. The van der Waals surface area contributed by atoms with Crippen LogP contribution in [-0.2, 0) is 10.3 Å². The van der Waals surface area contributed by atoms with Crippen molar-refractivity contribution in [1.82, 2.24) is 5.32 Å². The zero-order valence-electron chi connectivity index (χ0n) is 12.0. The van der Waals surface area contributed by atoms with E-state index in [-0.39, 0.29) is 5.91 Å². The van der Waals surface area contributed by atoms with Gasteiger partial charge >= 0.3 is 0 Å². The summed E-state index contributed by atoms with van der Waals surface area (Å²) in [5.41, 5.74) is 5.83. The van der Waals surface area contributed by atoms with Crippen molar-refractivity contribution in [2.75, 3.05) is 12.8 Å². The zero-order chi connectivity index (χ0) is 14.3. The van der Waals surface area contributed by atoms with E-state index in [2.05, 4.69) is 19.2 Å². The molecule has 1 amide bonds. The molecule has 106 valence electrons. The summed E-state index contributed by atoms with van der Waals surface area (Å²) in [6.45, 7) is 4.38. The average molecular weight is 280 g/mol. The Morgan fingerprint density at radius 2 is 2.05 bits per heavy atom. The summed E-state index contributed by atoms with van der Waals surface area (Å²) in [5, 5.41) is 3.74. The maximum absolute atomic E-state index is 11.9. The summed E-state index contributed by atoms with van der Waals surface area (Å²) < 4.78 is 0. The molecule has 0 aromatic heterocycles. The molecule has 0 saturated carbocycles. The van der Waals surface area contributed by atoms with Gasteiger partial charge in [0.2, 0.25) is 5.91 Å². The van der Waals surface area contributed by atoms with Gasteiger partial charge in [-0.3, -0.25) is 4.79 Å². The fourth-order valence-electron chi connectivity index (χ4n) is 2.06. The molecule has 0 fully saturated rings. The second kappa shape index (κ2) is 7.56. The van der Waals surface area contributed by atoms with Gasteiger partial charge in [0.05, 0.1) is 0 Å². The highest BCUT2D eigenvalue weighted by Crippen LogP contribution is 2.27. The molecule has 1 aromatic rings. The van der Waals surface area contributed by atoms with E-state index < -0.39 is 5.54 Å². The normalized spacial score (nSPS) is 15.7. The van der Waals surface area contributed by atoms with Crippen molar-refractivity contribution < 1.29 is 4.79 Å². The number of primary amides is 1. The number of hydrogen-bond donors (Lipinski definition) is 2. The number of hydrogen-bond acceptors (Lipinski definition) is 3. The number of likely N-dealkylation sites (N-methyl/N-ethyl adjacent to an activating group) is 1. The van der Waals surface area contributed by atoms with Gasteiger partial charge < -0.3 is 11.1 Å². The van der Waals surface area contributed by atoms with E-state index in [4.69, 9.17) is 5.73 Å². The van der Waals surface area contributed by atoms with Gasteiger partial charge in [-0.05, 0) is 31.2 Å². The van der Waals surface area contributed by atoms with Gasteiger partial charge in [-0.25, -0.2) is 0 Å². The monoisotopic (exact) mass is 280 g/mol. The zero-order valence-corrected chi connectivity index (χ0v) is 12.8. The van der Waals surface area contributed by atoms with E-state index in [1.165, 1.54) is 0 Å². The summed E-state index contributed by atoms with van der Waals surface area (Å²) in [7, 11) is 1.80. The Balaban J connectivity index is 2.85. The van der Waals surface area contributed by atoms with Crippen molar-refractivity contribution in [3.05, 3.63) is 35.9 Å². The Hall–Kier alpha value is -1.00. The first-order valence-electron chi connectivity index (χ1n) is 6.72. The molecule has 0 spiro atoms. The van der Waals surface area contributed by atoms with Crippen LogP contribution in [0, 0.1) is 0 Å². The Morgan fingerprint density at radius 1 is 1.42 bits per heavy atom. The van der Waals surface area contributed by atoms with Crippen LogP contribution in [-0.4, -0.2) is 24.0 Å². The number of nitrogens with two attached hydrogens (primary N) is 1. The van der Waals surface area contributed by atoms with Crippen LogP contribution in [0.4, 0.5) is 0 Å². The van der Waals surface area contributed by atoms with Crippen molar-refractivity contribution in [3.8, 4) is 0 Å². The standard InChI is InChI=1S/C15H24N2OS/c1-4-12(2)19-11-10-15(17-3,14(16)18)13-8-6-5-7-9-13/h5-9,12,17H,4,10-11H2,1-3H3,(H2,16,18). The second-order valence-corrected chi connectivity index (χ2v) is 6.27. The van der Waals surface area contributed by atoms with E-state index in [0.717, 1.165) is 17.7 Å². The van der Waals surface area contributed by atoms with Crippen LogP contribution in [0.1, 0.15) is 32.3 Å². The van der Waals surface area contributed by atoms with E-state index in [0.29, 0.717) is 11.7 Å². The summed E-state index contributed by atoms with van der Waals surface area (Å²) in [5.74, 6) is 0.596. The van der Waals surface area contributed by atoms with Crippen LogP contribution in [0.2, 0.25) is 0 Å². The van der Waals surface area contributed by atoms with Crippen molar-refractivity contribution in [1.29, 1.82) is 0 Å². The Kier molecular flexibility index (Phi) is 6.38. The predicted molar refractivity (Wildman–Crippen MR) is 83.2 cm³/mol. The number of rotatable bonds is 8. The van der Waals surface area contributed by atoms with Crippen LogP contribution < -0.4 is 11.1 Å². The molecule has 0 aliphatic carbocycles. The van der Waals surface area contributed by atoms with Gasteiger partial charge in [0.1, 0.15) is 5.54 Å². The van der Waals surface area contributed by atoms with Crippen LogP contribution >= 0.6 is 11.8 Å². The summed E-state index contributed by atoms with van der Waals surface area (Å²) >= 11 is 1.88. The van der Waals surface area contributed by atoms with Crippen molar-refractivity contribution >= 4 is 17.7 Å². The minimum absolute atomic E-state index is 0.314. The lowest BCUT2D eigenvalue weighted by Gasteiger charge is -2.31. The molecule has 0 aliphatic heterocycles. The molecule has 0 aliphatic rings. The van der Waals surface area contributed by atoms with E-state index >= 15 is 0 Å². The lowest BCUT2D eigenvalue weighted by atomic mass is 9.86. The van der Waals surface area contributed by atoms with Crippen molar-refractivity contribution in [2.45, 2.75) is 37.5 Å². The van der Waals surface area contributed by atoms with Gasteiger partial charge in [-0.2, -0.15) is 11.8 Å². The molecule has 1 aromatic carbocycles. The van der Waals surface area contributed by atoms with E-state index in [1.807, 2.05) is 42.1 Å². The smallest absolute Gasteiger partial charge is 0.242 e. The highest BCUT2D eigenvalue weighted by Gasteiger charge is 2.36. The van der Waals surface area contributed by atoms with Gasteiger partial charge in [0, 0.05) is 5.25 Å². The van der Waals surface area contributed by atoms with Crippen LogP contribution in [0.3, 0.4) is 0 Å². The number of thioether (sulfide) groups is 1. The number of amides is 1.